The van der Waals surface area contributed by atoms with E-state index in [-0.39, 0.29) is 7.05 Å². The molecule has 0 heterocycles. The Labute approximate surface area is 253 Å². The molecule has 249 valence electrons. The second-order valence-corrected chi connectivity index (χ2v) is 10.7. The van der Waals surface area contributed by atoms with Gasteiger partial charge in [0.2, 0.25) is 0 Å². The predicted molar refractivity (Wildman–Crippen MR) is 132 cm³/mol. The van der Waals surface area contributed by atoms with Gasteiger partial charge in [-0.05, 0) is 0 Å². The van der Waals surface area contributed by atoms with Gasteiger partial charge in [-0.3, -0.25) is 0 Å². The van der Waals surface area contributed by atoms with E-state index < -0.39 is 165 Å². The minimum atomic E-state index is -5.07. The van der Waals surface area contributed by atoms with Gasteiger partial charge < -0.3 is 4.90 Å². The number of hydrogen-bond acceptors (Lipinski definition) is 1. The first-order chi connectivity index (χ1) is 22.3. The molecule has 3 atom stereocenters. The number of nitrogens with zero attached hydrogens (tertiary/aromatic N) is 1. The van der Waals surface area contributed by atoms with Crippen LogP contribution in [0.1, 0.15) is 17.3 Å². The number of likely N-dealkylation sites (N-methyl/N-ethyl adjacent to an activating group) is 1. The van der Waals surface area contributed by atoms with Gasteiger partial charge in [0.05, 0.1) is 27.9 Å². The number of hydrogen-bond donors (Lipinski definition) is 0. The Bertz CT molecular complexity index is 2390. The first-order valence-electron chi connectivity index (χ1n) is 12.8. The summed E-state index contributed by atoms with van der Waals surface area (Å²) in [5.41, 5.74) is -9.60. The van der Waals surface area contributed by atoms with E-state index in [1.54, 1.807) is 0 Å². The number of benzene rings is 5. The number of allylic oxidation sites excluding steroid dienone is 2. The lowest BCUT2D eigenvalue weighted by Gasteiger charge is -2.41. The van der Waals surface area contributed by atoms with E-state index in [9.17, 15) is 30.7 Å². The highest BCUT2D eigenvalue weighted by atomic mass is 19.2. The van der Waals surface area contributed by atoms with E-state index >= 15 is 43.9 Å². The van der Waals surface area contributed by atoms with Crippen LogP contribution in [0, 0.1) is 75.9 Å². The first-order valence-corrected chi connectivity index (χ1v) is 12.8. The van der Waals surface area contributed by atoms with E-state index in [1.807, 2.05) is 0 Å². The van der Waals surface area contributed by atoms with Crippen LogP contribution in [0.5, 0.6) is 0 Å². The second kappa shape index (κ2) is 9.65. The summed E-state index contributed by atoms with van der Waals surface area (Å²) < 4.78 is 258. The average Bonchev–Trinajstić information content (AvgIpc) is 3.35. The SMILES string of the molecule is CN(c1c(F)c(F)c2c(F)c(F)c3c(F)c(F)c(F)c4c(F)c(F)c1c2c34)C1(F)C(F)=C(F)C2=C(c3c(F)c(F)[c]c(F)c3C2F)C1F. The quantitative estimate of drug-likeness (QED) is 0.0582. The molecule has 0 aromatic heterocycles. The van der Waals surface area contributed by atoms with E-state index in [4.69, 9.17) is 0 Å². The number of alkyl halides is 3. The van der Waals surface area contributed by atoms with Gasteiger partial charge in [-0.2, -0.15) is 0 Å². The summed E-state index contributed by atoms with van der Waals surface area (Å²) in [6.45, 7) is 0. The topological polar surface area (TPSA) is 3.24 Å². The molecule has 48 heavy (non-hydrogen) atoms. The number of halogens is 17. The van der Waals surface area contributed by atoms with Crippen molar-refractivity contribution in [2.75, 3.05) is 11.9 Å². The molecule has 7 rings (SSSR count). The van der Waals surface area contributed by atoms with Gasteiger partial charge in [-0.25, -0.2) is 74.6 Å². The van der Waals surface area contributed by atoms with Crippen molar-refractivity contribution in [3.8, 4) is 0 Å². The lowest BCUT2D eigenvalue weighted by molar-refractivity contribution is 0.0863. The largest absolute Gasteiger partial charge is 0.331 e. The molecule has 3 unspecified atom stereocenters. The van der Waals surface area contributed by atoms with Crippen LogP contribution in [0.4, 0.5) is 80.3 Å². The summed E-state index contributed by atoms with van der Waals surface area (Å²) >= 11 is 0. The number of fused-ring (bicyclic) bond motifs is 2. The van der Waals surface area contributed by atoms with Crippen LogP contribution < -0.4 is 4.90 Å². The Morgan fingerprint density at radius 1 is 0.521 bits per heavy atom. The Kier molecular flexibility index (Phi) is 6.40. The zero-order chi connectivity index (χ0) is 35.4. The third kappa shape index (κ3) is 3.35. The normalized spacial score (nSPS) is 21.0. The molecule has 0 N–H and O–H groups in total. The maximum absolute atomic E-state index is 16.8. The van der Waals surface area contributed by atoms with Gasteiger partial charge in [0.25, 0.3) is 5.79 Å². The molecular formula is C30H5F17N. The van der Waals surface area contributed by atoms with Gasteiger partial charge in [0, 0.05) is 45.5 Å². The van der Waals surface area contributed by atoms with Gasteiger partial charge >= 0.3 is 0 Å². The van der Waals surface area contributed by atoms with Crippen LogP contribution in [0.2, 0.25) is 0 Å². The highest BCUT2D eigenvalue weighted by Crippen LogP contribution is 2.59. The molecule has 1 nitrogen and oxygen atoms in total. The summed E-state index contributed by atoms with van der Waals surface area (Å²) in [5, 5.41) is -11.5. The van der Waals surface area contributed by atoms with Crippen LogP contribution in [-0.4, -0.2) is 19.0 Å². The molecule has 0 aliphatic heterocycles. The summed E-state index contributed by atoms with van der Waals surface area (Å²) in [6, 6.07) is 1.04. The first kappa shape index (κ1) is 31.8. The van der Waals surface area contributed by atoms with Crippen molar-refractivity contribution in [3.05, 3.63) is 104 Å². The van der Waals surface area contributed by atoms with Crippen LogP contribution in [0.3, 0.4) is 0 Å². The molecule has 0 saturated heterocycles. The number of rotatable bonds is 2. The van der Waals surface area contributed by atoms with Crippen LogP contribution in [0.15, 0.2) is 17.2 Å². The summed E-state index contributed by atoms with van der Waals surface area (Å²) in [5.74, 6) is -41.6. The van der Waals surface area contributed by atoms with Crippen molar-refractivity contribution in [2.24, 2.45) is 0 Å². The third-order valence-electron chi connectivity index (χ3n) is 8.55. The summed E-state index contributed by atoms with van der Waals surface area (Å²) in [4.78, 5) is -0.865. The standard InChI is InChI=1S/C30H5F17N/c1-48(30(47)28(45)9-8-5(3(31)2-4(32)15(8)33)16(34)13(9)24(42)29(30)46)27-14-7-6-10(17(35)18(36)12(7)22(40)26(27)44)20(38)25(43)21(39)11(6)19(37)23(14)41/h16,28H,1H3. The molecule has 5 aromatic rings. The monoisotopic (exact) mass is 702 g/mol. The molecule has 0 bridgehead atoms. The Morgan fingerprint density at radius 3 is 1.48 bits per heavy atom. The van der Waals surface area contributed by atoms with Crippen molar-refractivity contribution in [2.45, 2.75) is 18.1 Å². The van der Waals surface area contributed by atoms with E-state index in [0.29, 0.717) is 0 Å². The van der Waals surface area contributed by atoms with Crippen molar-refractivity contribution >= 4 is 43.6 Å². The second-order valence-electron chi connectivity index (χ2n) is 10.7. The van der Waals surface area contributed by atoms with Crippen molar-refractivity contribution < 1.29 is 74.6 Å². The molecule has 0 amide bonds. The molecule has 0 spiro atoms. The fourth-order valence-electron chi connectivity index (χ4n) is 6.44. The van der Waals surface area contributed by atoms with Crippen molar-refractivity contribution in [1.29, 1.82) is 0 Å². The molecule has 1 radical (unpaired) electrons. The number of anilines is 1. The van der Waals surface area contributed by atoms with Gasteiger partial charge in [0.15, 0.2) is 88.0 Å². The lowest BCUT2D eigenvalue weighted by Crippen LogP contribution is -2.53. The highest BCUT2D eigenvalue weighted by Gasteiger charge is 2.61. The van der Waals surface area contributed by atoms with E-state index in [2.05, 4.69) is 0 Å². The minimum absolute atomic E-state index is 0.0200. The Morgan fingerprint density at radius 2 is 0.958 bits per heavy atom. The molecule has 5 aromatic carbocycles. The Balaban J connectivity index is 1.61. The minimum Gasteiger partial charge on any atom is -0.331 e. The van der Waals surface area contributed by atoms with E-state index in [1.165, 1.54) is 0 Å². The molecule has 2 aliphatic rings. The third-order valence-corrected chi connectivity index (χ3v) is 8.55. The molecule has 18 heteroatoms. The van der Waals surface area contributed by atoms with Crippen LogP contribution in [0.25, 0.3) is 37.9 Å². The summed E-state index contributed by atoms with van der Waals surface area (Å²) in [7, 11) is -0.0200. The lowest BCUT2D eigenvalue weighted by atomic mass is 9.85. The van der Waals surface area contributed by atoms with Crippen molar-refractivity contribution in [3.63, 3.8) is 0 Å². The molecule has 2 aliphatic carbocycles. The zero-order valence-electron chi connectivity index (χ0n) is 22.5. The van der Waals surface area contributed by atoms with Gasteiger partial charge in [-0.1, -0.05) is 0 Å². The summed E-state index contributed by atoms with van der Waals surface area (Å²) in [6.07, 6.45) is -7.43. The highest BCUT2D eigenvalue weighted by molar-refractivity contribution is 6.26. The predicted octanol–water partition coefficient (Wildman–Crippen LogP) is 10.1. The smallest absolute Gasteiger partial charge is 0.273 e. The molecule has 0 fully saturated rings. The van der Waals surface area contributed by atoms with Gasteiger partial charge in [-0.15, -0.1) is 0 Å². The fourth-order valence-corrected chi connectivity index (χ4v) is 6.44. The van der Waals surface area contributed by atoms with E-state index in [0.717, 1.165) is 6.07 Å². The Hall–Kier alpha value is -4.77. The van der Waals surface area contributed by atoms with Crippen LogP contribution in [-0.2, 0) is 0 Å². The van der Waals surface area contributed by atoms with Crippen molar-refractivity contribution in [1.82, 2.24) is 0 Å². The maximum atomic E-state index is 16.8. The molecular weight excluding hydrogens is 697 g/mol. The van der Waals surface area contributed by atoms with Crippen LogP contribution >= 0.6 is 0 Å². The fraction of sp³-hybridized carbons (Fsp3) is 0.133. The zero-order valence-corrected chi connectivity index (χ0v) is 22.5. The average molecular weight is 702 g/mol. The maximum Gasteiger partial charge on any atom is 0.273 e. The van der Waals surface area contributed by atoms with Gasteiger partial charge in [0.1, 0.15) is 5.82 Å². The molecule has 0 saturated carbocycles.